The van der Waals surface area contributed by atoms with E-state index in [0.29, 0.717) is 12.8 Å². The molecule has 0 fully saturated rings. The highest BCUT2D eigenvalue weighted by atomic mass is 16.6. The smallest absolute Gasteiger partial charge is 0.306 e. The second kappa shape index (κ2) is 52.9. The summed E-state index contributed by atoms with van der Waals surface area (Å²) in [5.41, 5.74) is 0. The van der Waals surface area contributed by atoms with Gasteiger partial charge in [0.25, 0.3) is 0 Å². The summed E-state index contributed by atoms with van der Waals surface area (Å²) in [6.07, 6.45) is 76.1. The van der Waals surface area contributed by atoms with E-state index in [-0.39, 0.29) is 25.2 Å². The normalized spacial score (nSPS) is 13.1. The third kappa shape index (κ3) is 51.1. The number of hydrogen-bond donors (Lipinski definition) is 1. The van der Waals surface area contributed by atoms with Crippen LogP contribution >= 0.6 is 0 Å². The first kappa shape index (κ1) is 59.6. The maximum absolute atomic E-state index is 12.3. The van der Waals surface area contributed by atoms with Crippen LogP contribution in [0.3, 0.4) is 0 Å². The molecular formula is C58H96O5. The minimum absolute atomic E-state index is 0.0774. The monoisotopic (exact) mass is 873 g/mol. The van der Waals surface area contributed by atoms with Gasteiger partial charge >= 0.3 is 11.9 Å². The second-order valence-electron chi connectivity index (χ2n) is 16.9. The summed E-state index contributed by atoms with van der Waals surface area (Å²) < 4.78 is 10.7. The molecule has 0 rings (SSSR count). The number of carbonyl (C=O) groups excluding carboxylic acids is 2. The van der Waals surface area contributed by atoms with Crippen LogP contribution in [-0.2, 0) is 19.1 Å². The van der Waals surface area contributed by atoms with Crippen molar-refractivity contribution in [1.29, 1.82) is 0 Å². The van der Waals surface area contributed by atoms with Gasteiger partial charge in [-0.25, -0.2) is 0 Å². The molecule has 0 amide bonds. The first-order chi connectivity index (χ1) is 31.1. The standard InChI is InChI=1S/C58H96O5/c1-3-5-7-9-11-13-15-17-19-21-22-23-24-25-26-27-28-29-30-31-32-33-34-35-36-37-39-41-43-45-47-49-51-53-58(61)63-56(54-59)55-62-57(60)52-50-48-46-44-42-40-38-20-18-16-14-12-10-8-6-4-2/h5,7,11,13,17,19,22-23,25-26,28-29,31-32,34-35,37,39,56,59H,3-4,6,8-10,12,14-16,18,20-21,24,27,30,33,36,38,40-55H2,1-2H3/b7-5-,13-11-,19-17-,23-22-,26-25-,29-28-,32-31-,35-34-,39-37-. The van der Waals surface area contributed by atoms with Gasteiger partial charge in [0.05, 0.1) is 6.61 Å². The average molecular weight is 873 g/mol. The molecule has 5 nitrogen and oxygen atoms in total. The Morgan fingerprint density at radius 2 is 0.683 bits per heavy atom. The molecule has 0 aliphatic rings. The number of aliphatic hydroxyl groups is 1. The molecule has 0 aliphatic carbocycles. The minimum Gasteiger partial charge on any atom is -0.462 e. The van der Waals surface area contributed by atoms with Crippen LogP contribution in [0.1, 0.15) is 226 Å². The van der Waals surface area contributed by atoms with E-state index in [2.05, 4.69) is 123 Å². The van der Waals surface area contributed by atoms with Crippen LogP contribution in [0.25, 0.3) is 0 Å². The van der Waals surface area contributed by atoms with Gasteiger partial charge in [-0.1, -0.05) is 239 Å². The van der Waals surface area contributed by atoms with E-state index in [4.69, 9.17) is 9.47 Å². The van der Waals surface area contributed by atoms with Crippen molar-refractivity contribution in [3.63, 3.8) is 0 Å². The van der Waals surface area contributed by atoms with E-state index in [0.717, 1.165) is 116 Å². The molecule has 0 aromatic carbocycles. The van der Waals surface area contributed by atoms with Crippen LogP contribution in [0, 0.1) is 0 Å². The molecule has 358 valence electrons. The van der Waals surface area contributed by atoms with Crippen LogP contribution in [0.2, 0.25) is 0 Å². The number of rotatable bonds is 46. The van der Waals surface area contributed by atoms with Gasteiger partial charge in [0.15, 0.2) is 6.10 Å². The predicted octanol–water partition coefficient (Wildman–Crippen LogP) is 17.4. The SMILES string of the molecule is CC/C=C\C/C=C\C/C=C\C/C=C\C/C=C\C/C=C\C/C=C\C/C=C\C/C=C\CCCCCCCC(=O)OC(CO)COC(=O)CCCCCCCCCCCCCCCCCC. The van der Waals surface area contributed by atoms with Gasteiger partial charge in [-0.05, 0) is 83.5 Å². The number of allylic oxidation sites excluding steroid dienone is 18. The lowest BCUT2D eigenvalue weighted by molar-refractivity contribution is -0.161. The summed E-state index contributed by atoms with van der Waals surface area (Å²) >= 11 is 0. The fraction of sp³-hybridized carbons (Fsp3) is 0.655. The Bertz CT molecular complexity index is 1260. The van der Waals surface area contributed by atoms with Gasteiger partial charge in [-0.3, -0.25) is 9.59 Å². The highest BCUT2D eigenvalue weighted by Crippen LogP contribution is 2.15. The molecular weight excluding hydrogens is 777 g/mol. The maximum atomic E-state index is 12.3. The van der Waals surface area contributed by atoms with Crippen LogP contribution < -0.4 is 0 Å². The van der Waals surface area contributed by atoms with E-state index in [9.17, 15) is 14.7 Å². The first-order valence-corrected chi connectivity index (χ1v) is 25.9. The number of aliphatic hydroxyl groups excluding tert-OH is 1. The Balaban J connectivity index is 3.63. The van der Waals surface area contributed by atoms with Gasteiger partial charge in [0.2, 0.25) is 0 Å². The molecule has 0 heterocycles. The Kier molecular flexibility index (Phi) is 50.0. The van der Waals surface area contributed by atoms with Gasteiger partial charge in [-0.15, -0.1) is 0 Å². The molecule has 0 radical (unpaired) electrons. The van der Waals surface area contributed by atoms with Crippen LogP contribution in [-0.4, -0.2) is 36.4 Å². The topological polar surface area (TPSA) is 72.8 Å². The highest BCUT2D eigenvalue weighted by molar-refractivity contribution is 5.70. The van der Waals surface area contributed by atoms with Crippen molar-refractivity contribution in [2.75, 3.05) is 13.2 Å². The summed E-state index contributed by atoms with van der Waals surface area (Å²) in [7, 11) is 0. The van der Waals surface area contributed by atoms with Crippen molar-refractivity contribution >= 4 is 11.9 Å². The van der Waals surface area contributed by atoms with Gasteiger partial charge in [0.1, 0.15) is 6.61 Å². The summed E-state index contributed by atoms with van der Waals surface area (Å²) in [5, 5.41) is 9.62. The first-order valence-electron chi connectivity index (χ1n) is 25.9. The summed E-state index contributed by atoms with van der Waals surface area (Å²) in [6, 6.07) is 0. The van der Waals surface area contributed by atoms with Crippen molar-refractivity contribution in [1.82, 2.24) is 0 Å². The van der Waals surface area contributed by atoms with Gasteiger partial charge in [-0.2, -0.15) is 0 Å². The average Bonchev–Trinajstić information content (AvgIpc) is 3.29. The van der Waals surface area contributed by atoms with Gasteiger partial charge in [0, 0.05) is 12.8 Å². The minimum atomic E-state index is -0.788. The lowest BCUT2D eigenvalue weighted by Gasteiger charge is -2.15. The molecule has 0 aromatic heterocycles. The predicted molar refractivity (Wildman–Crippen MR) is 274 cm³/mol. The van der Waals surface area contributed by atoms with Crippen molar-refractivity contribution in [2.24, 2.45) is 0 Å². The number of esters is 2. The number of ether oxygens (including phenoxy) is 2. The maximum Gasteiger partial charge on any atom is 0.306 e. The highest BCUT2D eigenvalue weighted by Gasteiger charge is 2.16. The van der Waals surface area contributed by atoms with E-state index >= 15 is 0 Å². The van der Waals surface area contributed by atoms with Gasteiger partial charge < -0.3 is 14.6 Å². The fourth-order valence-electron chi connectivity index (χ4n) is 6.96. The molecule has 0 aromatic rings. The zero-order valence-corrected chi connectivity index (χ0v) is 40.8. The molecule has 1 unspecified atom stereocenters. The molecule has 63 heavy (non-hydrogen) atoms. The third-order valence-electron chi connectivity index (χ3n) is 10.8. The van der Waals surface area contributed by atoms with Crippen LogP contribution in [0.5, 0.6) is 0 Å². The molecule has 0 aliphatic heterocycles. The van der Waals surface area contributed by atoms with Crippen LogP contribution in [0.15, 0.2) is 109 Å². The fourth-order valence-corrected chi connectivity index (χ4v) is 6.96. The number of carbonyl (C=O) groups is 2. The second-order valence-corrected chi connectivity index (χ2v) is 16.9. The molecule has 0 saturated carbocycles. The van der Waals surface area contributed by atoms with E-state index in [1.54, 1.807) is 0 Å². The Labute approximate surface area is 389 Å². The molecule has 1 atom stereocenters. The zero-order valence-electron chi connectivity index (χ0n) is 40.8. The van der Waals surface area contributed by atoms with E-state index in [1.165, 1.54) is 83.5 Å². The van der Waals surface area contributed by atoms with E-state index in [1.807, 2.05) is 0 Å². The summed E-state index contributed by atoms with van der Waals surface area (Å²) in [4.78, 5) is 24.4. The molecule has 5 heteroatoms. The molecule has 0 bridgehead atoms. The zero-order chi connectivity index (χ0) is 45.6. The van der Waals surface area contributed by atoms with Crippen molar-refractivity contribution in [2.45, 2.75) is 232 Å². The van der Waals surface area contributed by atoms with Crippen molar-refractivity contribution < 1.29 is 24.2 Å². The van der Waals surface area contributed by atoms with E-state index < -0.39 is 6.10 Å². The quantitative estimate of drug-likeness (QED) is 0.0375. The largest absolute Gasteiger partial charge is 0.462 e. The number of unbranched alkanes of at least 4 members (excludes halogenated alkanes) is 20. The third-order valence-corrected chi connectivity index (χ3v) is 10.8. The molecule has 1 N–H and O–H groups in total. The molecule has 0 spiro atoms. The summed E-state index contributed by atoms with van der Waals surface area (Å²) in [6.45, 7) is 4.01. The van der Waals surface area contributed by atoms with Crippen molar-refractivity contribution in [3.05, 3.63) is 109 Å². The Morgan fingerprint density at radius 1 is 0.381 bits per heavy atom. The van der Waals surface area contributed by atoms with Crippen molar-refractivity contribution in [3.8, 4) is 0 Å². The summed E-state index contributed by atoms with van der Waals surface area (Å²) in [5.74, 6) is -0.614. The van der Waals surface area contributed by atoms with Crippen LogP contribution in [0.4, 0.5) is 0 Å². The lowest BCUT2D eigenvalue weighted by atomic mass is 10.0. The number of hydrogen-bond acceptors (Lipinski definition) is 5. The lowest BCUT2D eigenvalue weighted by Crippen LogP contribution is -2.28. The Morgan fingerprint density at radius 3 is 1.03 bits per heavy atom. The Hall–Kier alpha value is -3.44. The molecule has 0 saturated heterocycles.